The molecule has 0 spiro atoms. The lowest BCUT2D eigenvalue weighted by atomic mass is 10.0. The number of methoxy groups -OCH3 is 1. The first-order chi connectivity index (χ1) is 9.15. The van der Waals surface area contributed by atoms with Gasteiger partial charge in [0, 0.05) is 12.6 Å². The second kappa shape index (κ2) is 5.49. The second-order valence-electron chi connectivity index (χ2n) is 4.04. The highest BCUT2D eigenvalue weighted by atomic mass is 16.6. The first-order valence-electron chi connectivity index (χ1n) is 5.77. The molecule has 0 heterocycles. The van der Waals surface area contributed by atoms with Gasteiger partial charge in [-0.25, -0.2) is 0 Å². The molecule has 0 aliphatic heterocycles. The summed E-state index contributed by atoms with van der Waals surface area (Å²) in [6.45, 7) is 0.445. The zero-order valence-electron chi connectivity index (χ0n) is 10.5. The van der Waals surface area contributed by atoms with Gasteiger partial charge in [-0.1, -0.05) is 24.3 Å². The molecule has 0 aliphatic carbocycles. The minimum atomic E-state index is -0.397. The highest BCUT2D eigenvalue weighted by Gasteiger charge is 2.16. The van der Waals surface area contributed by atoms with Crippen molar-refractivity contribution in [3.8, 4) is 16.9 Å². The van der Waals surface area contributed by atoms with Crippen LogP contribution in [-0.4, -0.2) is 12.0 Å². The van der Waals surface area contributed by atoms with Crippen LogP contribution in [0.25, 0.3) is 11.1 Å². The molecule has 2 N–H and O–H groups in total. The molecule has 0 unspecified atom stereocenters. The Morgan fingerprint density at radius 3 is 2.42 bits per heavy atom. The lowest BCUT2D eigenvalue weighted by molar-refractivity contribution is -0.384. The number of rotatable bonds is 4. The van der Waals surface area contributed by atoms with Crippen LogP contribution in [-0.2, 0) is 6.54 Å². The zero-order chi connectivity index (χ0) is 13.8. The summed E-state index contributed by atoms with van der Waals surface area (Å²) in [6.07, 6.45) is 0. The number of benzene rings is 2. The summed E-state index contributed by atoms with van der Waals surface area (Å²) in [5, 5.41) is 11.1. The van der Waals surface area contributed by atoms with E-state index in [9.17, 15) is 10.1 Å². The molecule has 0 aromatic heterocycles. The number of nitro groups is 1. The zero-order valence-corrected chi connectivity index (χ0v) is 10.5. The Morgan fingerprint density at radius 2 is 1.89 bits per heavy atom. The molecule has 0 aliphatic rings. The third-order valence-corrected chi connectivity index (χ3v) is 2.90. The molecule has 0 fully saturated rings. The van der Waals surface area contributed by atoms with Gasteiger partial charge in [0.1, 0.15) is 5.75 Å². The number of nitrogens with two attached hydrogens (primary N) is 1. The third kappa shape index (κ3) is 2.71. The van der Waals surface area contributed by atoms with Gasteiger partial charge < -0.3 is 10.5 Å². The van der Waals surface area contributed by atoms with E-state index in [1.165, 1.54) is 13.2 Å². The highest BCUT2D eigenvalue weighted by Crippen LogP contribution is 2.33. The molecule has 19 heavy (non-hydrogen) atoms. The van der Waals surface area contributed by atoms with Crippen molar-refractivity contribution in [1.29, 1.82) is 0 Å². The maximum atomic E-state index is 11.1. The minimum absolute atomic E-state index is 0.0568. The molecule has 2 aromatic rings. The van der Waals surface area contributed by atoms with E-state index >= 15 is 0 Å². The molecule has 98 valence electrons. The average molecular weight is 258 g/mol. The van der Waals surface area contributed by atoms with Gasteiger partial charge in [-0.2, -0.15) is 0 Å². The summed E-state index contributed by atoms with van der Waals surface area (Å²) in [6, 6.07) is 12.1. The predicted molar refractivity (Wildman–Crippen MR) is 73.0 cm³/mol. The fourth-order valence-corrected chi connectivity index (χ4v) is 1.85. The molecule has 0 atom stereocenters. The van der Waals surface area contributed by atoms with Crippen LogP contribution in [0.4, 0.5) is 5.69 Å². The normalized spacial score (nSPS) is 10.2. The number of hydrogen-bond donors (Lipinski definition) is 1. The standard InChI is InChI=1S/C14H14N2O3/c1-19-12-6-7-14(16(17)18)13(8-12)11-4-2-10(9-15)3-5-11/h2-8H,9,15H2,1H3. The Bertz CT molecular complexity index is 594. The van der Waals surface area contributed by atoms with Crippen molar-refractivity contribution >= 4 is 5.69 Å². The molecule has 2 aromatic carbocycles. The second-order valence-corrected chi connectivity index (χ2v) is 4.04. The Labute approximate surface area is 110 Å². The van der Waals surface area contributed by atoms with E-state index in [2.05, 4.69) is 0 Å². The number of nitro benzene ring substituents is 1. The minimum Gasteiger partial charge on any atom is -0.497 e. The smallest absolute Gasteiger partial charge is 0.277 e. The van der Waals surface area contributed by atoms with Crippen molar-refractivity contribution in [2.75, 3.05) is 7.11 Å². The lowest BCUT2D eigenvalue weighted by Crippen LogP contribution is -1.96. The maximum Gasteiger partial charge on any atom is 0.277 e. The summed E-state index contributed by atoms with van der Waals surface area (Å²) in [4.78, 5) is 10.7. The fraction of sp³-hybridized carbons (Fsp3) is 0.143. The van der Waals surface area contributed by atoms with Gasteiger partial charge in [-0.3, -0.25) is 10.1 Å². The Balaban J connectivity index is 2.54. The molecule has 0 amide bonds. The summed E-state index contributed by atoms with van der Waals surface area (Å²) >= 11 is 0. The molecular weight excluding hydrogens is 244 g/mol. The lowest BCUT2D eigenvalue weighted by Gasteiger charge is -2.07. The summed E-state index contributed by atoms with van der Waals surface area (Å²) < 4.78 is 5.11. The molecule has 0 bridgehead atoms. The fourth-order valence-electron chi connectivity index (χ4n) is 1.85. The molecule has 2 rings (SSSR count). The van der Waals surface area contributed by atoms with Gasteiger partial charge in [-0.05, 0) is 23.3 Å². The first kappa shape index (κ1) is 13.0. The highest BCUT2D eigenvalue weighted by molar-refractivity contribution is 5.75. The summed E-state index contributed by atoms with van der Waals surface area (Å²) in [5.41, 5.74) is 7.87. The number of ether oxygens (including phenoxy) is 1. The maximum absolute atomic E-state index is 11.1. The SMILES string of the molecule is COc1ccc([N+](=O)[O-])c(-c2ccc(CN)cc2)c1. The van der Waals surface area contributed by atoms with Crippen molar-refractivity contribution in [3.05, 3.63) is 58.1 Å². The predicted octanol–water partition coefficient (Wildman–Crippen LogP) is 2.73. The van der Waals surface area contributed by atoms with Crippen LogP contribution < -0.4 is 10.5 Å². The van der Waals surface area contributed by atoms with E-state index in [0.717, 1.165) is 11.1 Å². The van der Waals surface area contributed by atoms with Crippen LogP contribution in [0.2, 0.25) is 0 Å². The van der Waals surface area contributed by atoms with E-state index in [-0.39, 0.29) is 5.69 Å². The Hall–Kier alpha value is -2.40. The summed E-state index contributed by atoms with van der Waals surface area (Å²) in [7, 11) is 1.53. The van der Waals surface area contributed by atoms with Crippen LogP contribution in [0.3, 0.4) is 0 Å². The van der Waals surface area contributed by atoms with Crippen LogP contribution in [0.5, 0.6) is 5.75 Å². The number of nitrogens with zero attached hydrogens (tertiary/aromatic N) is 1. The monoisotopic (exact) mass is 258 g/mol. The molecule has 0 saturated heterocycles. The molecule has 5 nitrogen and oxygen atoms in total. The van der Waals surface area contributed by atoms with Gasteiger partial charge in [0.15, 0.2) is 0 Å². The van der Waals surface area contributed by atoms with Crippen LogP contribution >= 0.6 is 0 Å². The van der Waals surface area contributed by atoms with Gasteiger partial charge in [0.05, 0.1) is 17.6 Å². The Morgan fingerprint density at radius 1 is 1.21 bits per heavy atom. The molecule has 0 saturated carbocycles. The molecule has 0 radical (unpaired) electrons. The first-order valence-corrected chi connectivity index (χ1v) is 5.77. The van der Waals surface area contributed by atoms with Gasteiger partial charge in [0.25, 0.3) is 5.69 Å². The van der Waals surface area contributed by atoms with Gasteiger partial charge >= 0.3 is 0 Å². The largest absolute Gasteiger partial charge is 0.497 e. The molecular formula is C14H14N2O3. The topological polar surface area (TPSA) is 78.4 Å². The van der Waals surface area contributed by atoms with Crippen LogP contribution in [0.1, 0.15) is 5.56 Å². The number of hydrogen-bond acceptors (Lipinski definition) is 4. The third-order valence-electron chi connectivity index (χ3n) is 2.90. The van der Waals surface area contributed by atoms with E-state index in [1.54, 1.807) is 12.1 Å². The van der Waals surface area contributed by atoms with Crippen molar-refractivity contribution in [1.82, 2.24) is 0 Å². The van der Waals surface area contributed by atoms with E-state index in [4.69, 9.17) is 10.5 Å². The van der Waals surface area contributed by atoms with Crippen LogP contribution in [0.15, 0.2) is 42.5 Å². The van der Waals surface area contributed by atoms with Crippen molar-refractivity contribution in [2.45, 2.75) is 6.54 Å². The quantitative estimate of drug-likeness (QED) is 0.675. The van der Waals surface area contributed by atoms with E-state index in [0.29, 0.717) is 17.9 Å². The van der Waals surface area contributed by atoms with E-state index in [1.807, 2.05) is 24.3 Å². The van der Waals surface area contributed by atoms with Crippen molar-refractivity contribution in [3.63, 3.8) is 0 Å². The Kier molecular flexibility index (Phi) is 3.77. The van der Waals surface area contributed by atoms with Gasteiger partial charge in [0.2, 0.25) is 0 Å². The van der Waals surface area contributed by atoms with Crippen molar-refractivity contribution in [2.24, 2.45) is 5.73 Å². The summed E-state index contributed by atoms with van der Waals surface area (Å²) in [5.74, 6) is 0.587. The van der Waals surface area contributed by atoms with E-state index < -0.39 is 4.92 Å². The van der Waals surface area contributed by atoms with Gasteiger partial charge in [-0.15, -0.1) is 0 Å². The average Bonchev–Trinajstić information content (AvgIpc) is 2.46. The molecule has 5 heteroatoms. The van der Waals surface area contributed by atoms with Crippen LogP contribution in [0, 0.1) is 10.1 Å². The van der Waals surface area contributed by atoms with Crippen molar-refractivity contribution < 1.29 is 9.66 Å².